The van der Waals surface area contributed by atoms with Gasteiger partial charge in [0, 0.05) is 35.4 Å². The van der Waals surface area contributed by atoms with Crippen molar-refractivity contribution >= 4 is 28.9 Å². The first-order valence-corrected chi connectivity index (χ1v) is 8.34. The number of nitrogens with zero attached hydrogens (tertiary/aromatic N) is 1. The van der Waals surface area contributed by atoms with Gasteiger partial charge in [0.05, 0.1) is 0 Å². The maximum atomic E-state index is 12.6. The molecule has 0 saturated carbocycles. The number of nitrogens with one attached hydrogen (secondary N) is 1. The first kappa shape index (κ1) is 15.9. The van der Waals surface area contributed by atoms with Crippen molar-refractivity contribution in [3.05, 3.63) is 58.6 Å². The monoisotopic (exact) mass is 328 g/mol. The van der Waals surface area contributed by atoms with E-state index in [1.165, 1.54) is 5.56 Å². The number of rotatable bonds is 4. The summed E-state index contributed by atoms with van der Waals surface area (Å²) in [5.74, 6) is 0.162. The van der Waals surface area contributed by atoms with E-state index < -0.39 is 0 Å². The van der Waals surface area contributed by atoms with E-state index in [1.54, 1.807) is 0 Å². The summed E-state index contributed by atoms with van der Waals surface area (Å²) in [5, 5.41) is 4.05. The van der Waals surface area contributed by atoms with Crippen molar-refractivity contribution < 1.29 is 4.79 Å². The first-order chi connectivity index (χ1) is 11.1. The number of amides is 1. The molecule has 0 aromatic heterocycles. The van der Waals surface area contributed by atoms with Gasteiger partial charge in [-0.1, -0.05) is 35.9 Å². The smallest absolute Gasteiger partial charge is 0.229 e. The fourth-order valence-corrected chi connectivity index (χ4v) is 3.34. The Morgan fingerprint density at radius 3 is 2.87 bits per heavy atom. The molecule has 3 nitrogen and oxygen atoms in total. The highest BCUT2D eigenvalue weighted by Crippen LogP contribution is 2.32. The van der Waals surface area contributed by atoms with Crippen LogP contribution in [-0.4, -0.2) is 18.5 Å². The van der Waals surface area contributed by atoms with Crippen LogP contribution in [-0.2, 0) is 11.2 Å². The molecule has 0 saturated heterocycles. The number of anilines is 2. The Balaban J connectivity index is 1.63. The van der Waals surface area contributed by atoms with Crippen molar-refractivity contribution in [3.63, 3.8) is 0 Å². The normalized spacial score (nSPS) is 16.3. The highest BCUT2D eigenvalue weighted by molar-refractivity contribution is 6.31. The third-order valence-corrected chi connectivity index (χ3v) is 4.81. The van der Waals surface area contributed by atoms with Gasteiger partial charge in [0.2, 0.25) is 5.91 Å². The Kier molecular flexibility index (Phi) is 4.58. The molecule has 1 N–H and O–H groups in total. The first-order valence-electron chi connectivity index (χ1n) is 7.97. The molecule has 2 aromatic carbocycles. The molecule has 1 aliphatic rings. The molecule has 1 amide bonds. The third kappa shape index (κ3) is 3.20. The van der Waals surface area contributed by atoms with E-state index in [0.717, 1.165) is 28.4 Å². The van der Waals surface area contributed by atoms with Gasteiger partial charge in [0.15, 0.2) is 0 Å². The maximum Gasteiger partial charge on any atom is 0.229 e. The van der Waals surface area contributed by atoms with E-state index in [4.69, 9.17) is 11.6 Å². The molecule has 23 heavy (non-hydrogen) atoms. The molecule has 120 valence electrons. The van der Waals surface area contributed by atoms with E-state index >= 15 is 0 Å². The molecular weight excluding hydrogens is 308 g/mol. The summed E-state index contributed by atoms with van der Waals surface area (Å²) in [6.07, 6.45) is 1.40. The summed E-state index contributed by atoms with van der Waals surface area (Å²) in [6.45, 7) is 4.68. The molecule has 3 rings (SSSR count). The van der Waals surface area contributed by atoms with Crippen LogP contribution in [0.5, 0.6) is 0 Å². The van der Waals surface area contributed by atoms with Crippen LogP contribution in [0, 0.1) is 6.92 Å². The van der Waals surface area contributed by atoms with Gasteiger partial charge in [-0.25, -0.2) is 0 Å². The summed E-state index contributed by atoms with van der Waals surface area (Å²) in [4.78, 5) is 14.6. The molecule has 0 fully saturated rings. The largest absolute Gasteiger partial charge is 0.384 e. The fraction of sp³-hybridized carbons (Fsp3) is 0.316. The highest BCUT2D eigenvalue weighted by Gasteiger charge is 2.29. The summed E-state index contributed by atoms with van der Waals surface area (Å²) < 4.78 is 0. The van der Waals surface area contributed by atoms with Gasteiger partial charge >= 0.3 is 0 Å². The minimum atomic E-state index is 0.162. The maximum absolute atomic E-state index is 12.6. The molecule has 1 aliphatic heterocycles. The summed E-state index contributed by atoms with van der Waals surface area (Å²) in [5.41, 5.74) is 4.32. The average Bonchev–Trinajstić information content (AvgIpc) is 2.87. The van der Waals surface area contributed by atoms with Crippen molar-refractivity contribution in [3.8, 4) is 0 Å². The van der Waals surface area contributed by atoms with Gasteiger partial charge in [-0.2, -0.15) is 0 Å². The van der Waals surface area contributed by atoms with E-state index in [1.807, 2.05) is 48.2 Å². The number of hydrogen-bond acceptors (Lipinski definition) is 2. The van der Waals surface area contributed by atoms with E-state index in [0.29, 0.717) is 13.0 Å². The Morgan fingerprint density at radius 2 is 2.04 bits per heavy atom. The SMILES string of the molecule is Cc1c(Cl)cccc1NCCC(=O)N1c2ccccc2CC1C. The summed E-state index contributed by atoms with van der Waals surface area (Å²) >= 11 is 6.12. The third-order valence-electron chi connectivity index (χ3n) is 4.40. The van der Waals surface area contributed by atoms with Gasteiger partial charge in [0.1, 0.15) is 0 Å². The molecule has 2 aromatic rings. The minimum absolute atomic E-state index is 0.162. The molecule has 0 spiro atoms. The van der Waals surface area contributed by atoms with E-state index in [-0.39, 0.29) is 11.9 Å². The van der Waals surface area contributed by atoms with Crippen molar-refractivity contribution in [2.75, 3.05) is 16.8 Å². The van der Waals surface area contributed by atoms with Gasteiger partial charge in [-0.15, -0.1) is 0 Å². The second-order valence-corrected chi connectivity index (χ2v) is 6.44. The predicted octanol–water partition coefficient (Wildman–Crippen LogP) is 4.43. The highest BCUT2D eigenvalue weighted by atomic mass is 35.5. The van der Waals surface area contributed by atoms with Crippen LogP contribution in [0.15, 0.2) is 42.5 Å². The Hall–Kier alpha value is -2.00. The van der Waals surface area contributed by atoms with Gasteiger partial charge in [-0.05, 0) is 49.6 Å². The van der Waals surface area contributed by atoms with E-state index in [2.05, 4.69) is 18.3 Å². The van der Waals surface area contributed by atoms with Crippen LogP contribution in [0.25, 0.3) is 0 Å². The molecule has 1 unspecified atom stereocenters. The van der Waals surface area contributed by atoms with Crippen LogP contribution in [0.4, 0.5) is 11.4 Å². The molecule has 1 heterocycles. The lowest BCUT2D eigenvalue weighted by molar-refractivity contribution is -0.118. The number of carbonyl (C=O) groups is 1. The number of halogens is 1. The Morgan fingerprint density at radius 1 is 1.26 bits per heavy atom. The lowest BCUT2D eigenvalue weighted by Crippen LogP contribution is -2.36. The van der Waals surface area contributed by atoms with Gasteiger partial charge in [0.25, 0.3) is 0 Å². The van der Waals surface area contributed by atoms with E-state index in [9.17, 15) is 4.79 Å². The predicted molar refractivity (Wildman–Crippen MR) is 96.4 cm³/mol. The van der Waals surface area contributed by atoms with Gasteiger partial charge in [-0.3, -0.25) is 4.79 Å². The topological polar surface area (TPSA) is 32.3 Å². The molecule has 0 aliphatic carbocycles. The van der Waals surface area contributed by atoms with Crippen LogP contribution in [0.2, 0.25) is 5.02 Å². The Bertz CT molecular complexity index is 729. The molecule has 4 heteroatoms. The van der Waals surface area contributed by atoms with Crippen LogP contribution in [0.1, 0.15) is 24.5 Å². The zero-order chi connectivity index (χ0) is 16.4. The van der Waals surface area contributed by atoms with Crippen molar-refractivity contribution in [1.29, 1.82) is 0 Å². The molecule has 1 atom stereocenters. The second-order valence-electron chi connectivity index (χ2n) is 6.03. The second kappa shape index (κ2) is 6.63. The van der Waals surface area contributed by atoms with Crippen molar-refractivity contribution in [2.24, 2.45) is 0 Å². The lowest BCUT2D eigenvalue weighted by atomic mass is 10.1. The van der Waals surface area contributed by atoms with Crippen molar-refractivity contribution in [1.82, 2.24) is 0 Å². The Labute approximate surface area is 142 Å². The number of para-hydroxylation sites is 1. The molecular formula is C19H21ClN2O. The molecule has 0 bridgehead atoms. The van der Waals surface area contributed by atoms with Crippen LogP contribution >= 0.6 is 11.6 Å². The van der Waals surface area contributed by atoms with Crippen LogP contribution in [0.3, 0.4) is 0 Å². The number of carbonyl (C=O) groups excluding carboxylic acids is 1. The zero-order valence-corrected chi connectivity index (χ0v) is 14.2. The lowest BCUT2D eigenvalue weighted by Gasteiger charge is -2.23. The van der Waals surface area contributed by atoms with Gasteiger partial charge < -0.3 is 10.2 Å². The minimum Gasteiger partial charge on any atom is -0.384 e. The zero-order valence-electron chi connectivity index (χ0n) is 13.5. The number of fused-ring (bicyclic) bond motifs is 1. The average molecular weight is 329 g/mol. The molecule has 0 radical (unpaired) electrons. The number of benzene rings is 2. The van der Waals surface area contributed by atoms with Crippen LogP contribution < -0.4 is 10.2 Å². The standard InChI is InChI=1S/C19H21ClN2O/c1-13-12-15-6-3-4-9-18(15)22(13)19(23)10-11-21-17-8-5-7-16(20)14(17)2/h3-9,13,21H,10-12H2,1-2H3. The summed E-state index contributed by atoms with van der Waals surface area (Å²) in [6, 6.07) is 14.2. The van der Waals surface area contributed by atoms with Crippen molar-refractivity contribution in [2.45, 2.75) is 32.7 Å². The fourth-order valence-electron chi connectivity index (χ4n) is 3.17. The quantitative estimate of drug-likeness (QED) is 0.900. The summed E-state index contributed by atoms with van der Waals surface area (Å²) in [7, 11) is 0. The number of hydrogen-bond donors (Lipinski definition) is 1.